The van der Waals surface area contributed by atoms with Crippen LogP contribution in [0, 0.1) is 0 Å². The summed E-state index contributed by atoms with van der Waals surface area (Å²) >= 11 is 1.63. The number of likely N-dealkylation sites (tertiary alicyclic amines) is 1. The van der Waals surface area contributed by atoms with Gasteiger partial charge >= 0.3 is 0 Å². The van der Waals surface area contributed by atoms with E-state index in [2.05, 4.69) is 19.0 Å². The number of hydrogen-bond donors (Lipinski definition) is 0. The second-order valence-electron chi connectivity index (χ2n) is 5.81. The molecule has 0 N–H and O–H groups in total. The quantitative estimate of drug-likeness (QED) is 0.864. The molecule has 0 spiro atoms. The lowest BCUT2D eigenvalue weighted by molar-refractivity contribution is -0.131. The zero-order chi connectivity index (χ0) is 14.8. The Morgan fingerprint density at radius 1 is 1.57 bits per heavy atom. The minimum absolute atomic E-state index is 0.0775. The molecule has 2 aromatic heterocycles. The maximum atomic E-state index is 12.5. The number of carbonyl (C=O) groups excluding carboxylic acids is 1. The van der Waals surface area contributed by atoms with Crippen molar-refractivity contribution in [3.05, 3.63) is 39.9 Å². The lowest BCUT2D eigenvalue weighted by Gasteiger charge is -2.22. The van der Waals surface area contributed by atoms with Crippen LogP contribution in [-0.2, 0) is 11.2 Å². The van der Waals surface area contributed by atoms with Crippen LogP contribution < -0.4 is 0 Å². The highest BCUT2D eigenvalue weighted by atomic mass is 32.1. The highest BCUT2D eigenvalue weighted by Gasteiger charge is 2.32. The average Bonchev–Trinajstić information content (AvgIpc) is 3.19. The highest BCUT2D eigenvalue weighted by Crippen LogP contribution is 2.33. The minimum Gasteiger partial charge on any atom is -0.361 e. The van der Waals surface area contributed by atoms with Gasteiger partial charge in [-0.15, -0.1) is 11.3 Å². The summed E-state index contributed by atoms with van der Waals surface area (Å²) in [5.41, 5.74) is 0.899. The molecular formula is C16H20N2O2S. The number of rotatable bonds is 4. The molecule has 0 radical (unpaired) electrons. The standard InChI is InChI=1S/C16H20N2O2S/c1-11(2)15-10-13(17-20-15)14-6-3-7-18(14)16(19)9-12-5-4-8-21-12/h4-5,8,10-11,14H,3,6-7,9H2,1-2H3. The van der Waals surface area contributed by atoms with E-state index in [0.29, 0.717) is 12.3 Å². The van der Waals surface area contributed by atoms with Crippen LogP contribution in [0.15, 0.2) is 28.1 Å². The molecule has 0 saturated carbocycles. The number of thiophene rings is 1. The fourth-order valence-electron chi connectivity index (χ4n) is 2.77. The summed E-state index contributed by atoms with van der Waals surface area (Å²) in [6, 6.07) is 6.09. The summed E-state index contributed by atoms with van der Waals surface area (Å²) < 4.78 is 5.39. The predicted octanol–water partition coefficient (Wildman–Crippen LogP) is 3.77. The SMILES string of the molecule is CC(C)c1cc(C2CCCN2C(=O)Cc2cccs2)no1. The molecule has 112 valence electrons. The van der Waals surface area contributed by atoms with Gasteiger partial charge in [0, 0.05) is 23.4 Å². The monoisotopic (exact) mass is 304 g/mol. The molecule has 1 aliphatic heterocycles. The second-order valence-corrected chi connectivity index (χ2v) is 6.84. The van der Waals surface area contributed by atoms with Gasteiger partial charge < -0.3 is 9.42 Å². The Hall–Kier alpha value is -1.62. The van der Waals surface area contributed by atoms with Gasteiger partial charge in [-0.05, 0) is 24.3 Å². The first kappa shape index (κ1) is 14.3. The third-order valence-electron chi connectivity index (χ3n) is 3.94. The van der Waals surface area contributed by atoms with Crippen LogP contribution in [0.25, 0.3) is 0 Å². The van der Waals surface area contributed by atoms with Gasteiger partial charge in [0.1, 0.15) is 11.5 Å². The van der Waals surface area contributed by atoms with Gasteiger partial charge in [-0.3, -0.25) is 4.79 Å². The van der Waals surface area contributed by atoms with Crippen LogP contribution in [0.5, 0.6) is 0 Å². The fraction of sp³-hybridized carbons (Fsp3) is 0.500. The van der Waals surface area contributed by atoms with E-state index >= 15 is 0 Å². The molecule has 21 heavy (non-hydrogen) atoms. The Labute approximate surface area is 128 Å². The fourth-order valence-corrected chi connectivity index (χ4v) is 3.47. The largest absolute Gasteiger partial charge is 0.361 e. The predicted molar refractivity (Wildman–Crippen MR) is 82.3 cm³/mol. The van der Waals surface area contributed by atoms with Crippen molar-refractivity contribution < 1.29 is 9.32 Å². The lowest BCUT2D eigenvalue weighted by Crippen LogP contribution is -2.31. The average molecular weight is 304 g/mol. The van der Waals surface area contributed by atoms with Gasteiger partial charge in [-0.1, -0.05) is 25.1 Å². The van der Waals surface area contributed by atoms with Gasteiger partial charge in [0.25, 0.3) is 0 Å². The third-order valence-corrected chi connectivity index (χ3v) is 4.81. The topological polar surface area (TPSA) is 46.3 Å². The first-order valence-corrected chi connectivity index (χ1v) is 8.31. The van der Waals surface area contributed by atoms with Crippen molar-refractivity contribution in [1.29, 1.82) is 0 Å². The first-order chi connectivity index (χ1) is 10.1. The van der Waals surface area contributed by atoms with Gasteiger partial charge in [0.05, 0.1) is 12.5 Å². The molecule has 1 saturated heterocycles. The summed E-state index contributed by atoms with van der Waals surface area (Å²) in [6.07, 6.45) is 2.49. The summed E-state index contributed by atoms with van der Waals surface area (Å²) in [5, 5.41) is 6.19. The van der Waals surface area contributed by atoms with Crippen LogP contribution in [0.2, 0.25) is 0 Å². The number of amides is 1. The lowest BCUT2D eigenvalue weighted by atomic mass is 10.1. The molecule has 1 atom stereocenters. The van der Waals surface area contributed by atoms with Crippen LogP contribution in [-0.4, -0.2) is 22.5 Å². The second kappa shape index (κ2) is 6.02. The molecule has 3 heterocycles. The number of nitrogens with zero attached hydrogens (tertiary/aromatic N) is 2. The van der Waals surface area contributed by atoms with Crippen LogP contribution in [0.3, 0.4) is 0 Å². The van der Waals surface area contributed by atoms with E-state index in [1.165, 1.54) is 0 Å². The van der Waals surface area contributed by atoms with E-state index in [4.69, 9.17) is 4.52 Å². The van der Waals surface area contributed by atoms with E-state index in [1.807, 2.05) is 28.5 Å². The summed E-state index contributed by atoms with van der Waals surface area (Å²) in [4.78, 5) is 15.6. The molecule has 0 bridgehead atoms. The molecule has 1 unspecified atom stereocenters. The van der Waals surface area contributed by atoms with Crippen LogP contribution >= 0.6 is 11.3 Å². The van der Waals surface area contributed by atoms with E-state index < -0.39 is 0 Å². The van der Waals surface area contributed by atoms with Crippen molar-refractivity contribution in [3.8, 4) is 0 Å². The van der Waals surface area contributed by atoms with E-state index in [9.17, 15) is 4.79 Å². The van der Waals surface area contributed by atoms with E-state index in [1.54, 1.807) is 11.3 Å². The van der Waals surface area contributed by atoms with Crippen molar-refractivity contribution >= 4 is 17.2 Å². The smallest absolute Gasteiger partial charge is 0.228 e. The molecule has 4 nitrogen and oxygen atoms in total. The molecule has 1 amide bonds. The van der Waals surface area contributed by atoms with Crippen molar-refractivity contribution in [3.63, 3.8) is 0 Å². The summed E-state index contributed by atoms with van der Waals surface area (Å²) in [5.74, 6) is 1.40. The molecule has 2 aromatic rings. The minimum atomic E-state index is 0.0775. The Morgan fingerprint density at radius 3 is 3.10 bits per heavy atom. The Morgan fingerprint density at radius 2 is 2.43 bits per heavy atom. The van der Waals surface area contributed by atoms with Gasteiger partial charge in [0.2, 0.25) is 5.91 Å². The molecule has 5 heteroatoms. The molecule has 0 aromatic carbocycles. The van der Waals surface area contributed by atoms with Crippen LogP contribution in [0.1, 0.15) is 55.0 Å². The highest BCUT2D eigenvalue weighted by molar-refractivity contribution is 7.10. The normalized spacial score (nSPS) is 18.6. The zero-order valence-electron chi connectivity index (χ0n) is 12.4. The third kappa shape index (κ3) is 3.02. The van der Waals surface area contributed by atoms with E-state index in [0.717, 1.165) is 35.7 Å². The Balaban J connectivity index is 1.73. The molecule has 3 rings (SSSR count). The van der Waals surface area contributed by atoms with Crippen molar-refractivity contribution in [2.45, 2.75) is 45.1 Å². The van der Waals surface area contributed by atoms with Gasteiger partial charge in [-0.2, -0.15) is 0 Å². The molecule has 1 aliphatic rings. The zero-order valence-corrected chi connectivity index (χ0v) is 13.2. The van der Waals surface area contributed by atoms with Crippen molar-refractivity contribution in [2.75, 3.05) is 6.54 Å². The van der Waals surface area contributed by atoms with E-state index in [-0.39, 0.29) is 11.9 Å². The summed E-state index contributed by atoms with van der Waals surface area (Å²) in [7, 11) is 0. The summed E-state index contributed by atoms with van der Waals surface area (Å²) in [6.45, 7) is 4.98. The van der Waals surface area contributed by atoms with Crippen molar-refractivity contribution in [1.82, 2.24) is 10.1 Å². The van der Waals surface area contributed by atoms with Gasteiger partial charge in [0.15, 0.2) is 0 Å². The maximum Gasteiger partial charge on any atom is 0.228 e. The molecule has 0 aliphatic carbocycles. The first-order valence-electron chi connectivity index (χ1n) is 7.43. The Kier molecular flexibility index (Phi) is 4.10. The van der Waals surface area contributed by atoms with Crippen molar-refractivity contribution in [2.24, 2.45) is 0 Å². The number of hydrogen-bond acceptors (Lipinski definition) is 4. The molecular weight excluding hydrogens is 284 g/mol. The number of aromatic nitrogens is 1. The van der Waals surface area contributed by atoms with Crippen LogP contribution in [0.4, 0.5) is 0 Å². The van der Waals surface area contributed by atoms with Gasteiger partial charge in [-0.25, -0.2) is 0 Å². The molecule has 1 fully saturated rings. The number of carbonyl (C=O) groups is 1. The maximum absolute atomic E-state index is 12.5. The Bertz CT molecular complexity index is 604.